The van der Waals surface area contributed by atoms with Crippen LogP contribution < -0.4 is 5.32 Å². The Morgan fingerprint density at radius 3 is 2.70 bits per heavy atom. The van der Waals surface area contributed by atoms with E-state index in [-0.39, 0.29) is 5.97 Å². The van der Waals surface area contributed by atoms with Crippen LogP contribution in [0.15, 0.2) is 11.4 Å². The van der Waals surface area contributed by atoms with Crippen LogP contribution in [0.25, 0.3) is 0 Å². The van der Waals surface area contributed by atoms with Gasteiger partial charge >= 0.3 is 12.1 Å². The van der Waals surface area contributed by atoms with E-state index in [0.717, 1.165) is 4.88 Å². The first-order valence-corrected chi connectivity index (χ1v) is 6.83. The Labute approximate surface area is 122 Å². The molecule has 0 fully saturated rings. The molecule has 1 amide bonds. The van der Waals surface area contributed by atoms with Crippen LogP contribution >= 0.6 is 11.3 Å². The molecule has 0 aliphatic rings. The molecule has 0 unspecified atom stereocenters. The first kappa shape index (κ1) is 16.1. The molecule has 0 radical (unpaired) electrons. The van der Waals surface area contributed by atoms with E-state index in [9.17, 15) is 9.59 Å². The van der Waals surface area contributed by atoms with Gasteiger partial charge in [0.1, 0.15) is 5.60 Å². The molecule has 1 N–H and O–H groups in total. The summed E-state index contributed by atoms with van der Waals surface area (Å²) in [5.41, 5.74) is -0.0542. The minimum Gasteiger partial charge on any atom is -0.465 e. The van der Waals surface area contributed by atoms with Crippen molar-refractivity contribution in [3.63, 3.8) is 0 Å². The molecule has 0 aromatic carbocycles. The molecule has 1 aromatic rings. The number of hydrogen-bond acceptors (Lipinski definition) is 5. The molecule has 0 atom stereocenters. The van der Waals surface area contributed by atoms with Gasteiger partial charge in [-0.3, -0.25) is 0 Å². The third kappa shape index (κ3) is 5.33. The predicted molar refractivity (Wildman–Crippen MR) is 76.5 cm³/mol. The predicted octanol–water partition coefficient (Wildman–Crippen LogP) is 2.56. The monoisotopic (exact) mass is 295 g/mol. The van der Waals surface area contributed by atoms with Crippen molar-refractivity contribution in [2.24, 2.45) is 0 Å². The van der Waals surface area contributed by atoms with Crippen LogP contribution in [0.1, 0.15) is 36.0 Å². The third-order valence-electron chi connectivity index (χ3n) is 2.05. The van der Waals surface area contributed by atoms with Crippen molar-refractivity contribution in [2.75, 3.05) is 7.11 Å². The molecule has 0 saturated heterocycles. The van der Waals surface area contributed by atoms with Gasteiger partial charge in [0.05, 0.1) is 12.7 Å². The van der Waals surface area contributed by atoms with E-state index in [2.05, 4.69) is 22.0 Å². The Morgan fingerprint density at radius 1 is 1.40 bits per heavy atom. The Kier molecular flexibility index (Phi) is 5.59. The zero-order valence-corrected chi connectivity index (χ0v) is 12.7. The van der Waals surface area contributed by atoms with Gasteiger partial charge in [-0.05, 0) is 32.2 Å². The smallest absolute Gasteiger partial charge is 0.419 e. The number of ether oxygens (including phenoxy) is 2. The Hall–Kier alpha value is -2.00. The summed E-state index contributed by atoms with van der Waals surface area (Å²) in [5, 5.41) is 4.13. The van der Waals surface area contributed by atoms with Gasteiger partial charge in [-0.1, -0.05) is 5.92 Å². The number of nitrogens with one attached hydrogen (secondary N) is 1. The van der Waals surface area contributed by atoms with Crippen LogP contribution in [0.3, 0.4) is 0 Å². The lowest BCUT2D eigenvalue weighted by Crippen LogP contribution is -2.29. The summed E-state index contributed by atoms with van der Waals surface area (Å²) in [6.07, 6.45) is -0.234. The van der Waals surface area contributed by atoms with Crippen molar-refractivity contribution < 1.29 is 19.1 Å². The second kappa shape index (κ2) is 6.96. The van der Waals surface area contributed by atoms with Crippen LogP contribution in [0, 0.1) is 12.0 Å². The molecule has 1 aromatic heterocycles. The van der Waals surface area contributed by atoms with Gasteiger partial charge in [0.2, 0.25) is 0 Å². The van der Waals surface area contributed by atoms with Gasteiger partial charge in [0, 0.05) is 17.3 Å². The highest BCUT2D eigenvalue weighted by Crippen LogP contribution is 2.17. The molecule has 108 valence electrons. The number of hydrogen-bond donors (Lipinski definition) is 1. The van der Waals surface area contributed by atoms with Crippen LogP contribution in [-0.2, 0) is 15.9 Å². The Balaban J connectivity index is 2.53. The van der Waals surface area contributed by atoms with E-state index in [1.54, 1.807) is 32.2 Å². The first-order valence-electron chi connectivity index (χ1n) is 5.95. The SMILES string of the molecule is COC(=O)c1ccsc1CC#CNC(=O)OC(C)(C)C. The van der Waals surface area contributed by atoms with E-state index in [0.29, 0.717) is 12.0 Å². The number of methoxy groups -OCH3 is 1. The quantitative estimate of drug-likeness (QED) is 0.517. The van der Waals surface area contributed by atoms with Crippen molar-refractivity contribution >= 4 is 23.4 Å². The van der Waals surface area contributed by atoms with E-state index in [1.807, 2.05) is 0 Å². The second-order valence-corrected chi connectivity index (χ2v) is 5.86. The van der Waals surface area contributed by atoms with Gasteiger partial charge in [-0.25, -0.2) is 14.9 Å². The maximum Gasteiger partial charge on any atom is 0.419 e. The van der Waals surface area contributed by atoms with Gasteiger partial charge in [-0.2, -0.15) is 0 Å². The van der Waals surface area contributed by atoms with Crippen LogP contribution in [0.5, 0.6) is 0 Å². The minimum atomic E-state index is -0.593. The zero-order valence-electron chi connectivity index (χ0n) is 11.9. The maximum absolute atomic E-state index is 11.4. The average molecular weight is 295 g/mol. The lowest BCUT2D eigenvalue weighted by molar-refractivity contribution is 0.0555. The summed E-state index contributed by atoms with van der Waals surface area (Å²) in [6.45, 7) is 5.32. The largest absolute Gasteiger partial charge is 0.465 e. The van der Waals surface area contributed by atoms with Crippen LogP contribution in [0.4, 0.5) is 4.79 Å². The van der Waals surface area contributed by atoms with E-state index in [4.69, 9.17) is 4.74 Å². The number of amides is 1. The fourth-order valence-corrected chi connectivity index (χ4v) is 2.09. The van der Waals surface area contributed by atoms with Crippen LogP contribution in [-0.4, -0.2) is 24.8 Å². The van der Waals surface area contributed by atoms with Crippen molar-refractivity contribution in [1.82, 2.24) is 5.32 Å². The van der Waals surface area contributed by atoms with Gasteiger partial charge in [-0.15, -0.1) is 11.3 Å². The molecule has 5 nitrogen and oxygen atoms in total. The summed E-state index contributed by atoms with van der Waals surface area (Å²) in [7, 11) is 1.33. The summed E-state index contributed by atoms with van der Waals surface area (Å²) in [4.78, 5) is 23.6. The first-order chi connectivity index (χ1) is 9.33. The molecule has 20 heavy (non-hydrogen) atoms. The molecule has 0 spiro atoms. The average Bonchev–Trinajstić information content (AvgIpc) is 2.79. The maximum atomic E-state index is 11.4. The number of carbonyl (C=O) groups excluding carboxylic acids is 2. The summed E-state index contributed by atoms with van der Waals surface area (Å²) in [6, 6.07) is 4.20. The Morgan fingerprint density at radius 2 is 2.10 bits per heavy atom. The van der Waals surface area contributed by atoms with E-state index < -0.39 is 11.7 Å². The summed E-state index contributed by atoms with van der Waals surface area (Å²) >= 11 is 1.41. The molecule has 0 aliphatic heterocycles. The third-order valence-corrected chi connectivity index (χ3v) is 2.97. The fraction of sp³-hybridized carbons (Fsp3) is 0.429. The molecule has 0 bridgehead atoms. The standard InChI is InChI=1S/C14H17NO4S/c1-14(2,3)19-13(17)15-8-5-6-11-10(7-9-20-11)12(16)18-4/h7,9H,6H2,1-4H3,(H,15,17). The van der Waals surface area contributed by atoms with Crippen molar-refractivity contribution in [3.05, 3.63) is 21.9 Å². The highest BCUT2D eigenvalue weighted by molar-refractivity contribution is 7.10. The topological polar surface area (TPSA) is 64.6 Å². The second-order valence-electron chi connectivity index (χ2n) is 4.85. The zero-order chi connectivity index (χ0) is 15.2. The van der Waals surface area contributed by atoms with E-state index in [1.165, 1.54) is 18.4 Å². The number of thiophene rings is 1. The van der Waals surface area contributed by atoms with Crippen molar-refractivity contribution in [1.29, 1.82) is 0 Å². The molecule has 1 heterocycles. The number of rotatable bonds is 2. The van der Waals surface area contributed by atoms with Gasteiger partial charge in [0.15, 0.2) is 0 Å². The number of esters is 1. The molecular formula is C14H17NO4S. The lowest BCUT2D eigenvalue weighted by atomic mass is 10.2. The number of alkyl carbamates (subject to hydrolysis) is 1. The normalized spacial score (nSPS) is 10.2. The molecular weight excluding hydrogens is 278 g/mol. The van der Waals surface area contributed by atoms with Crippen molar-refractivity contribution in [2.45, 2.75) is 32.8 Å². The Bertz CT molecular complexity index is 546. The van der Waals surface area contributed by atoms with Gasteiger partial charge in [0.25, 0.3) is 0 Å². The van der Waals surface area contributed by atoms with Crippen molar-refractivity contribution in [3.8, 4) is 12.0 Å². The van der Waals surface area contributed by atoms with E-state index >= 15 is 0 Å². The van der Waals surface area contributed by atoms with Gasteiger partial charge < -0.3 is 9.47 Å². The summed E-state index contributed by atoms with van der Waals surface area (Å²) < 4.78 is 9.69. The minimum absolute atomic E-state index is 0.359. The van der Waals surface area contributed by atoms with Crippen LogP contribution in [0.2, 0.25) is 0 Å². The summed E-state index contributed by atoms with van der Waals surface area (Å²) in [5.74, 6) is 2.38. The molecule has 1 rings (SSSR count). The highest BCUT2D eigenvalue weighted by Gasteiger charge is 2.15. The lowest BCUT2D eigenvalue weighted by Gasteiger charge is -2.18. The molecule has 0 saturated carbocycles. The fourth-order valence-electron chi connectivity index (χ4n) is 1.29. The highest BCUT2D eigenvalue weighted by atomic mass is 32.1. The molecule has 0 aliphatic carbocycles. The number of carbonyl (C=O) groups is 2. The molecule has 6 heteroatoms.